The number of hydrogen-bond donors (Lipinski definition) is 1. The number of benzene rings is 1. The molecule has 3 heterocycles. The van der Waals surface area contributed by atoms with Crippen molar-refractivity contribution in [2.24, 2.45) is 0 Å². The summed E-state index contributed by atoms with van der Waals surface area (Å²) in [5.41, 5.74) is 3.60. The predicted molar refractivity (Wildman–Crippen MR) is 91.8 cm³/mol. The molecule has 2 aliphatic heterocycles. The molecule has 0 unspecified atom stereocenters. The van der Waals surface area contributed by atoms with Gasteiger partial charge in [0.2, 0.25) is 5.88 Å². The number of nitrogens with one attached hydrogen (secondary N) is 1. The van der Waals surface area contributed by atoms with Gasteiger partial charge in [0.15, 0.2) is 0 Å². The van der Waals surface area contributed by atoms with E-state index in [1.54, 1.807) is 18.2 Å². The van der Waals surface area contributed by atoms with E-state index < -0.39 is 5.82 Å². The highest BCUT2D eigenvalue weighted by Gasteiger charge is 2.26. The summed E-state index contributed by atoms with van der Waals surface area (Å²) >= 11 is 0. The van der Waals surface area contributed by atoms with Crippen molar-refractivity contribution in [2.75, 3.05) is 31.1 Å². The van der Waals surface area contributed by atoms with Gasteiger partial charge in [0.1, 0.15) is 18.2 Å². The maximum absolute atomic E-state index is 13.9. The number of ether oxygens (including phenoxy) is 1. The summed E-state index contributed by atoms with van der Waals surface area (Å²) in [5, 5.41) is 12.1. The Bertz CT molecular complexity index is 871. The molecule has 0 atom stereocenters. The van der Waals surface area contributed by atoms with Crippen molar-refractivity contribution in [3.05, 3.63) is 64.5 Å². The zero-order valence-electron chi connectivity index (χ0n) is 13.6. The number of aromatic nitrogens is 1. The van der Waals surface area contributed by atoms with Gasteiger partial charge in [-0.2, -0.15) is 10.2 Å². The third-order valence-electron chi connectivity index (χ3n) is 4.53. The molecule has 0 saturated heterocycles. The Morgan fingerprint density at radius 3 is 2.72 bits per heavy atom. The lowest BCUT2D eigenvalue weighted by molar-refractivity contribution is 0.288. The van der Waals surface area contributed by atoms with Gasteiger partial charge < -0.3 is 15.0 Å². The van der Waals surface area contributed by atoms with Crippen molar-refractivity contribution in [1.29, 1.82) is 5.26 Å². The number of anilines is 1. The summed E-state index contributed by atoms with van der Waals surface area (Å²) in [7, 11) is 0. The molecule has 1 N–H and O–H groups in total. The first-order chi connectivity index (χ1) is 12.2. The normalized spacial score (nSPS) is 16.1. The minimum atomic E-state index is -0.442. The van der Waals surface area contributed by atoms with Gasteiger partial charge in [-0.15, -0.1) is 0 Å². The molecule has 0 fully saturated rings. The fourth-order valence-corrected chi connectivity index (χ4v) is 3.17. The fraction of sp³-hybridized carbons (Fsp3) is 0.263. The van der Waals surface area contributed by atoms with Crippen molar-refractivity contribution < 1.29 is 9.13 Å². The van der Waals surface area contributed by atoms with Gasteiger partial charge in [0.05, 0.1) is 11.6 Å². The van der Waals surface area contributed by atoms with Crippen LogP contribution in [0.1, 0.15) is 11.1 Å². The molecular formula is C19H17FN4O. The van der Waals surface area contributed by atoms with Crippen LogP contribution in [-0.2, 0) is 6.61 Å². The second kappa shape index (κ2) is 6.54. The summed E-state index contributed by atoms with van der Waals surface area (Å²) in [6.45, 7) is 3.78. The monoisotopic (exact) mass is 336 g/mol. The molecule has 0 aliphatic carbocycles. The molecule has 1 aromatic carbocycles. The lowest BCUT2D eigenvalue weighted by Crippen LogP contribution is -2.27. The molecule has 2 aliphatic rings. The number of rotatable bonds is 4. The zero-order chi connectivity index (χ0) is 17.2. The molecule has 4 rings (SSSR count). The summed E-state index contributed by atoms with van der Waals surface area (Å²) in [6.07, 6.45) is 0. The van der Waals surface area contributed by atoms with Gasteiger partial charge in [0.25, 0.3) is 0 Å². The quantitative estimate of drug-likeness (QED) is 0.869. The first-order valence-electron chi connectivity index (χ1n) is 8.17. The summed E-state index contributed by atoms with van der Waals surface area (Å²) in [4.78, 5) is 6.77. The molecule has 1 aromatic heterocycles. The van der Waals surface area contributed by atoms with Crippen LogP contribution < -0.4 is 15.0 Å². The van der Waals surface area contributed by atoms with E-state index in [9.17, 15) is 4.39 Å². The van der Waals surface area contributed by atoms with E-state index in [4.69, 9.17) is 10.00 Å². The Labute approximate surface area is 145 Å². The maximum Gasteiger partial charge on any atom is 0.215 e. The third-order valence-corrected chi connectivity index (χ3v) is 4.53. The molecule has 6 heteroatoms. The van der Waals surface area contributed by atoms with Crippen molar-refractivity contribution in [1.82, 2.24) is 10.3 Å². The topological polar surface area (TPSA) is 61.2 Å². The Morgan fingerprint density at radius 2 is 2.00 bits per heavy atom. The van der Waals surface area contributed by atoms with Crippen LogP contribution in [-0.4, -0.2) is 31.2 Å². The van der Waals surface area contributed by atoms with Crippen LogP contribution in [0.2, 0.25) is 0 Å². The van der Waals surface area contributed by atoms with Gasteiger partial charge >= 0.3 is 0 Å². The summed E-state index contributed by atoms with van der Waals surface area (Å²) in [6, 6.07) is 11.9. The Hall–Kier alpha value is -2.91. The van der Waals surface area contributed by atoms with E-state index in [0.717, 1.165) is 32.0 Å². The van der Waals surface area contributed by atoms with Gasteiger partial charge in [0, 0.05) is 37.8 Å². The van der Waals surface area contributed by atoms with E-state index in [0.29, 0.717) is 17.0 Å². The molecular weight excluding hydrogens is 319 g/mol. The molecule has 0 bridgehead atoms. The molecule has 0 amide bonds. The number of pyridine rings is 1. The van der Waals surface area contributed by atoms with Crippen molar-refractivity contribution >= 4 is 5.82 Å². The largest absolute Gasteiger partial charge is 0.473 e. The Kier molecular flexibility index (Phi) is 4.08. The van der Waals surface area contributed by atoms with Crippen LogP contribution in [0.25, 0.3) is 0 Å². The van der Waals surface area contributed by atoms with Crippen LogP contribution in [0.15, 0.2) is 47.5 Å². The SMILES string of the molecule is N#Cc1ccc(COc2cccc(N3CC4=C(CNC4)C3)n2)c(F)c1. The number of hydrogen-bond acceptors (Lipinski definition) is 5. The van der Waals surface area contributed by atoms with Crippen molar-refractivity contribution in [3.8, 4) is 11.9 Å². The van der Waals surface area contributed by atoms with E-state index in [-0.39, 0.29) is 6.61 Å². The molecule has 126 valence electrons. The zero-order valence-corrected chi connectivity index (χ0v) is 13.6. The first kappa shape index (κ1) is 15.6. The van der Waals surface area contributed by atoms with Gasteiger partial charge in [-0.25, -0.2) is 4.39 Å². The average Bonchev–Trinajstić information content (AvgIpc) is 3.23. The molecule has 0 radical (unpaired) electrons. The minimum Gasteiger partial charge on any atom is -0.473 e. The highest BCUT2D eigenvalue weighted by molar-refractivity contribution is 5.50. The van der Waals surface area contributed by atoms with Crippen LogP contribution in [0.4, 0.5) is 10.2 Å². The molecule has 0 saturated carbocycles. The maximum atomic E-state index is 13.9. The summed E-state index contributed by atoms with van der Waals surface area (Å²) < 4.78 is 19.6. The van der Waals surface area contributed by atoms with Crippen LogP contribution >= 0.6 is 0 Å². The van der Waals surface area contributed by atoms with Crippen molar-refractivity contribution in [3.63, 3.8) is 0 Å². The van der Waals surface area contributed by atoms with Crippen LogP contribution in [0.3, 0.4) is 0 Å². The average molecular weight is 336 g/mol. The Balaban J connectivity index is 1.43. The summed E-state index contributed by atoms with van der Waals surface area (Å²) in [5.74, 6) is 0.890. The third kappa shape index (κ3) is 3.19. The fourth-order valence-electron chi connectivity index (χ4n) is 3.17. The predicted octanol–water partition coefficient (Wildman–Crippen LogP) is 2.39. The standard InChI is InChI=1S/C19H17FN4O/c20-17-6-13(7-21)4-5-14(17)12-25-19-3-1-2-18(23-19)24-10-15-8-22-9-16(15)11-24/h1-6,22H,8-12H2. The van der Waals surface area contributed by atoms with E-state index in [1.807, 2.05) is 18.2 Å². The van der Waals surface area contributed by atoms with Gasteiger partial charge in [-0.05, 0) is 29.3 Å². The first-order valence-corrected chi connectivity index (χ1v) is 8.17. The lowest BCUT2D eigenvalue weighted by atomic mass is 10.1. The van der Waals surface area contributed by atoms with E-state index >= 15 is 0 Å². The van der Waals surface area contributed by atoms with Gasteiger partial charge in [-0.3, -0.25) is 0 Å². The second-order valence-electron chi connectivity index (χ2n) is 6.21. The molecule has 5 nitrogen and oxygen atoms in total. The number of nitrogens with zero attached hydrogens (tertiary/aromatic N) is 3. The second-order valence-corrected chi connectivity index (χ2v) is 6.21. The lowest BCUT2D eigenvalue weighted by Gasteiger charge is -2.20. The highest BCUT2D eigenvalue weighted by atomic mass is 19.1. The molecule has 0 spiro atoms. The molecule has 2 aromatic rings. The smallest absolute Gasteiger partial charge is 0.215 e. The van der Waals surface area contributed by atoms with E-state index in [1.165, 1.54) is 17.2 Å². The van der Waals surface area contributed by atoms with Crippen LogP contribution in [0.5, 0.6) is 5.88 Å². The Morgan fingerprint density at radius 1 is 1.20 bits per heavy atom. The van der Waals surface area contributed by atoms with Gasteiger partial charge in [-0.1, -0.05) is 12.1 Å². The van der Waals surface area contributed by atoms with E-state index in [2.05, 4.69) is 15.2 Å². The minimum absolute atomic E-state index is 0.0761. The highest BCUT2D eigenvalue weighted by Crippen LogP contribution is 2.26. The van der Waals surface area contributed by atoms with Crippen molar-refractivity contribution in [2.45, 2.75) is 6.61 Å². The number of nitriles is 1. The molecule has 25 heavy (non-hydrogen) atoms. The number of halogens is 1. The van der Waals surface area contributed by atoms with Crippen LogP contribution in [0, 0.1) is 17.1 Å².